The molecule has 0 saturated carbocycles. The van der Waals surface area contributed by atoms with Gasteiger partial charge in [-0.2, -0.15) is 5.26 Å². The van der Waals surface area contributed by atoms with Crippen molar-refractivity contribution >= 4 is 10.8 Å². The fourth-order valence-corrected chi connectivity index (χ4v) is 1.83. The Kier molecular flexibility index (Phi) is 3.71. The molecule has 0 heterocycles. The largest absolute Gasteiger partial charge is 0.395 e. The summed E-state index contributed by atoms with van der Waals surface area (Å²) in [6, 6.07) is 15.8. The van der Waals surface area contributed by atoms with Crippen LogP contribution in [0, 0.1) is 11.3 Å². The maximum absolute atomic E-state index is 9.08. The summed E-state index contributed by atoms with van der Waals surface area (Å²) in [4.78, 5) is 0. The van der Waals surface area contributed by atoms with Gasteiger partial charge in [0.05, 0.1) is 12.7 Å². The van der Waals surface area contributed by atoms with E-state index in [1.165, 1.54) is 0 Å². The normalized spacial score (nSPS) is 12.2. The van der Waals surface area contributed by atoms with Gasteiger partial charge in [0, 0.05) is 6.54 Å². The minimum absolute atomic E-state index is 0.0335. The van der Waals surface area contributed by atoms with E-state index < -0.39 is 0 Å². The molecule has 0 aliphatic rings. The van der Waals surface area contributed by atoms with Crippen LogP contribution in [0.5, 0.6) is 0 Å². The van der Waals surface area contributed by atoms with Gasteiger partial charge in [-0.3, -0.25) is 5.32 Å². The van der Waals surface area contributed by atoms with Crippen LogP contribution < -0.4 is 5.32 Å². The SMILES string of the molecule is N#CC(NCCO)c1ccc2ccccc2c1. The smallest absolute Gasteiger partial charge is 0.121 e. The fourth-order valence-electron chi connectivity index (χ4n) is 1.83. The summed E-state index contributed by atoms with van der Waals surface area (Å²) in [7, 11) is 0. The monoisotopic (exact) mass is 226 g/mol. The zero-order valence-electron chi connectivity index (χ0n) is 9.43. The Morgan fingerprint density at radius 1 is 1.18 bits per heavy atom. The third-order valence-corrected chi connectivity index (χ3v) is 2.70. The Balaban J connectivity index is 2.31. The maximum atomic E-state index is 9.08. The summed E-state index contributed by atoms with van der Waals surface area (Å²) in [5, 5.41) is 23.1. The van der Waals surface area contributed by atoms with Crippen molar-refractivity contribution in [1.82, 2.24) is 5.32 Å². The predicted molar refractivity (Wildman–Crippen MR) is 67.4 cm³/mol. The average molecular weight is 226 g/mol. The number of hydrogen-bond acceptors (Lipinski definition) is 3. The third-order valence-electron chi connectivity index (χ3n) is 2.70. The summed E-state index contributed by atoms with van der Waals surface area (Å²) in [5.74, 6) is 0. The second kappa shape index (κ2) is 5.44. The molecule has 0 aliphatic carbocycles. The molecule has 3 nitrogen and oxygen atoms in total. The van der Waals surface area contributed by atoms with Crippen molar-refractivity contribution in [3.05, 3.63) is 48.0 Å². The quantitative estimate of drug-likeness (QED) is 0.838. The number of nitrogens with one attached hydrogen (secondary N) is 1. The van der Waals surface area contributed by atoms with E-state index in [-0.39, 0.29) is 12.6 Å². The van der Waals surface area contributed by atoms with Crippen molar-refractivity contribution in [1.29, 1.82) is 5.26 Å². The number of rotatable bonds is 4. The zero-order valence-corrected chi connectivity index (χ0v) is 9.43. The van der Waals surface area contributed by atoms with E-state index in [1.54, 1.807) is 0 Å². The van der Waals surface area contributed by atoms with E-state index in [0.29, 0.717) is 6.54 Å². The van der Waals surface area contributed by atoms with Crippen LogP contribution in [0.25, 0.3) is 10.8 Å². The molecular weight excluding hydrogens is 212 g/mol. The van der Waals surface area contributed by atoms with Gasteiger partial charge in [-0.1, -0.05) is 36.4 Å². The fraction of sp³-hybridized carbons (Fsp3) is 0.214. The van der Waals surface area contributed by atoms with Gasteiger partial charge in [0.1, 0.15) is 6.04 Å². The molecular formula is C14H14N2O. The Bertz CT molecular complexity index is 545. The molecule has 0 radical (unpaired) electrons. The molecule has 0 aliphatic heterocycles. The highest BCUT2D eigenvalue weighted by Crippen LogP contribution is 2.19. The van der Waals surface area contributed by atoms with Crippen LogP contribution in [-0.2, 0) is 0 Å². The van der Waals surface area contributed by atoms with Crippen LogP contribution in [0.15, 0.2) is 42.5 Å². The van der Waals surface area contributed by atoms with E-state index >= 15 is 0 Å². The first-order valence-electron chi connectivity index (χ1n) is 5.57. The van der Waals surface area contributed by atoms with Gasteiger partial charge in [-0.25, -0.2) is 0 Å². The molecule has 86 valence electrons. The molecule has 0 saturated heterocycles. The predicted octanol–water partition coefficient (Wildman–Crippen LogP) is 1.99. The Morgan fingerprint density at radius 2 is 1.94 bits per heavy atom. The van der Waals surface area contributed by atoms with Crippen molar-refractivity contribution < 1.29 is 5.11 Å². The molecule has 1 unspecified atom stereocenters. The van der Waals surface area contributed by atoms with Gasteiger partial charge in [0.25, 0.3) is 0 Å². The van der Waals surface area contributed by atoms with Gasteiger partial charge in [-0.15, -0.1) is 0 Å². The van der Waals surface area contributed by atoms with Crippen LogP contribution in [-0.4, -0.2) is 18.3 Å². The second-order valence-corrected chi connectivity index (χ2v) is 3.85. The number of benzene rings is 2. The van der Waals surface area contributed by atoms with E-state index in [1.807, 2.05) is 42.5 Å². The number of hydrogen-bond donors (Lipinski definition) is 2. The molecule has 2 N–H and O–H groups in total. The lowest BCUT2D eigenvalue weighted by Gasteiger charge is -2.11. The molecule has 0 spiro atoms. The molecule has 1 atom stereocenters. The first kappa shape index (κ1) is 11.6. The van der Waals surface area contributed by atoms with Crippen LogP contribution in [0.3, 0.4) is 0 Å². The molecule has 0 aromatic heterocycles. The molecule has 2 aromatic carbocycles. The van der Waals surface area contributed by atoms with Crippen molar-refractivity contribution in [2.24, 2.45) is 0 Å². The van der Waals surface area contributed by atoms with Gasteiger partial charge in [0.2, 0.25) is 0 Å². The number of aliphatic hydroxyl groups excluding tert-OH is 1. The van der Waals surface area contributed by atoms with E-state index in [4.69, 9.17) is 10.4 Å². The number of nitriles is 1. The molecule has 0 amide bonds. The summed E-state index contributed by atoms with van der Waals surface area (Å²) in [5.41, 5.74) is 0.930. The lowest BCUT2D eigenvalue weighted by atomic mass is 10.0. The average Bonchev–Trinajstić information content (AvgIpc) is 2.39. The standard InChI is InChI=1S/C14H14N2O/c15-10-14(16-7-8-17)13-6-5-11-3-1-2-4-12(11)9-13/h1-6,9,14,16-17H,7-8H2. The minimum atomic E-state index is -0.369. The van der Waals surface area contributed by atoms with Crippen LogP contribution in [0.4, 0.5) is 0 Å². The molecule has 17 heavy (non-hydrogen) atoms. The topological polar surface area (TPSA) is 56.0 Å². The van der Waals surface area contributed by atoms with Gasteiger partial charge < -0.3 is 5.11 Å². The van der Waals surface area contributed by atoms with Gasteiger partial charge in [-0.05, 0) is 22.4 Å². The summed E-state index contributed by atoms with van der Waals surface area (Å²) >= 11 is 0. The van der Waals surface area contributed by atoms with Crippen molar-refractivity contribution in [3.8, 4) is 6.07 Å². The first-order valence-corrected chi connectivity index (χ1v) is 5.57. The van der Waals surface area contributed by atoms with Crippen molar-refractivity contribution in [3.63, 3.8) is 0 Å². The highest BCUT2D eigenvalue weighted by atomic mass is 16.3. The van der Waals surface area contributed by atoms with Gasteiger partial charge >= 0.3 is 0 Å². The summed E-state index contributed by atoms with van der Waals surface area (Å²) < 4.78 is 0. The molecule has 2 rings (SSSR count). The zero-order chi connectivity index (χ0) is 12.1. The second-order valence-electron chi connectivity index (χ2n) is 3.85. The Morgan fingerprint density at radius 3 is 2.65 bits per heavy atom. The Hall–Kier alpha value is -1.89. The summed E-state index contributed by atoms with van der Waals surface area (Å²) in [6.45, 7) is 0.455. The molecule has 3 heteroatoms. The molecule has 2 aromatic rings. The molecule has 0 bridgehead atoms. The number of fused-ring (bicyclic) bond motifs is 1. The Labute approximate surface area is 100 Å². The first-order chi connectivity index (χ1) is 8.35. The van der Waals surface area contributed by atoms with Crippen LogP contribution >= 0.6 is 0 Å². The minimum Gasteiger partial charge on any atom is -0.395 e. The van der Waals surface area contributed by atoms with Crippen LogP contribution in [0.1, 0.15) is 11.6 Å². The van der Waals surface area contributed by atoms with E-state index in [0.717, 1.165) is 16.3 Å². The van der Waals surface area contributed by atoms with Crippen LogP contribution in [0.2, 0.25) is 0 Å². The van der Waals surface area contributed by atoms with Gasteiger partial charge in [0.15, 0.2) is 0 Å². The highest BCUT2D eigenvalue weighted by molar-refractivity contribution is 5.83. The maximum Gasteiger partial charge on any atom is 0.121 e. The van der Waals surface area contributed by atoms with E-state index in [2.05, 4.69) is 11.4 Å². The van der Waals surface area contributed by atoms with Crippen molar-refractivity contribution in [2.45, 2.75) is 6.04 Å². The third kappa shape index (κ3) is 2.62. The number of nitrogens with zero attached hydrogens (tertiary/aromatic N) is 1. The molecule has 0 fully saturated rings. The number of aliphatic hydroxyl groups is 1. The highest BCUT2D eigenvalue weighted by Gasteiger charge is 2.09. The lowest BCUT2D eigenvalue weighted by Crippen LogP contribution is -2.23. The lowest BCUT2D eigenvalue weighted by molar-refractivity contribution is 0.289. The van der Waals surface area contributed by atoms with E-state index in [9.17, 15) is 0 Å². The summed E-state index contributed by atoms with van der Waals surface area (Å²) in [6.07, 6.45) is 0. The van der Waals surface area contributed by atoms with Crippen molar-refractivity contribution in [2.75, 3.05) is 13.2 Å².